The number of thiophene rings is 1. The first kappa shape index (κ1) is 21.1. The summed E-state index contributed by atoms with van der Waals surface area (Å²) in [7, 11) is 0. The second-order valence-electron chi connectivity index (χ2n) is 8.24. The van der Waals surface area contributed by atoms with Gasteiger partial charge in [-0.2, -0.15) is 0 Å². The van der Waals surface area contributed by atoms with Gasteiger partial charge in [-0.1, -0.05) is 6.92 Å². The van der Waals surface area contributed by atoms with Crippen molar-refractivity contribution in [3.63, 3.8) is 0 Å². The maximum absolute atomic E-state index is 13.4. The Morgan fingerprint density at radius 2 is 1.88 bits per heavy atom. The molecule has 1 fully saturated rings. The second-order valence-corrected chi connectivity index (χ2v) is 9.32. The van der Waals surface area contributed by atoms with Gasteiger partial charge in [0, 0.05) is 49.2 Å². The maximum atomic E-state index is 13.4. The minimum Gasteiger partial charge on any atom is -0.352 e. The zero-order valence-electron chi connectivity index (χ0n) is 18.0. The van der Waals surface area contributed by atoms with Crippen molar-refractivity contribution in [1.29, 1.82) is 0 Å². The number of carbonyl (C=O) groups is 1. The van der Waals surface area contributed by atoms with Crippen LogP contribution in [0.2, 0.25) is 0 Å². The molecule has 2 aromatic heterocycles. The molecule has 3 heterocycles. The van der Waals surface area contributed by atoms with Crippen LogP contribution in [0.1, 0.15) is 36.0 Å². The summed E-state index contributed by atoms with van der Waals surface area (Å²) in [6.07, 6.45) is 5.41. The number of amides is 2. The molecule has 9 heteroatoms. The lowest BCUT2D eigenvalue weighted by Crippen LogP contribution is -2.50. The number of aryl methyl sites for hydroxylation is 3. The Morgan fingerprint density at radius 1 is 1.09 bits per heavy atom. The molecule has 3 aromatic rings. The zero-order chi connectivity index (χ0) is 22.2. The van der Waals surface area contributed by atoms with Crippen LogP contribution in [0.3, 0.4) is 0 Å². The van der Waals surface area contributed by atoms with Crippen molar-refractivity contribution >= 4 is 39.1 Å². The van der Waals surface area contributed by atoms with Crippen LogP contribution in [-0.2, 0) is 19.3 Å². The number of urea groups is 1. The Bertz CT molecular complexity index is 1170. The summed E-state index contributed by atoms with van der Waals surface area (Å²) < 4.78 is 26.6. The van der Waals surface area contributed by atoms with E-state index in [0.29, 0.717) is 26.2 Å². The van der Waals surface area contributed by atoms with Gasteiger partial charge in [-0.15, -0.1) is 11.3 Å². The minimum atomic E-state index is -0.980. The van der Waals surface area contributed by atoms with E-state index >= 15 is 0 Å². The summed E-state index contributed by atoms with van der Waals surface area (Å²) in [5.41, 5.74) is 1.65. The largest absolute Gasteiger partial charge is 0.352 e. The average molecular weight is 458 g/mol. The molecular formula is C23H25F2N5OS. The smallest absolute Gasteiger partial charge is 0.321 e. The Labute approximate surface area is 189 Å². The molecule has 0 bridgehead atoms. The molecule has 1 aliphatic carbocycles. The summed E-state index contributed by atoms with van der Waals surface area (Å²) in [6.45, 7) is 4.43. The number of nitrogens with one attached hydrogen (secondary N) is 1. The van der Waals surface area contributed by atoms with E-state index in [4.69, 9.17) is 9.97 Å². The predicted octanol–water partition coefficient (Wildman–Crippen LogP) is 4.76. The number of anilines is 2. The van der Waals surface area contributed by atoms with Crippen molar-refractivity contribution in [2.24, 2.45) is 0 Å². The maximum Gasteiger partial charge on any atom is 0.321 e. The van der Waals surface area contributed by atoms with Gasteiger partial charge in [-0.25, -0.2) is 23.5 Å². The fourth-order valence-electron chi connectivity index (χ4n) is 4.47. The van der Waals surface area contributed by atoms with E-state index in [-0.39, 0.29) is 11.7 Å². The van der Waals surface area contributed by atoms with Gasteiger partial charge in [0.15, 0.2) is 11.6 Å². The Balaban J connectivity index is 1.34. The summed E-state index contributed by atoms with van der Waals surface area (Å²) in [5, 5.41) is 3.85. The fourth-order valence-corrected chi connectivity index (χ4v) is 5.74. The third-order valence-corrected chi connectivity index (χ3v) is 7.38. The van der Waals surface area contributed by atoms with Crippen molar-refractivity contribution in [1.82, 2.24) is 14.9 Å². The molecule has 1 saturated heterocycles. The molecule has 1 aliphatic heterocycles. The van der Waals surface area contributed by atoms with Crippen molar-refractivity contribution in [3.8, 4) is 0 Å². The van der Waals surface area contributed by atoms with Crippen LogP contribution in [0, 0.1) is 11.6 Å². The molecule has 0 radical (unpaired) electrons. The topological polar surface area (TPSA) is 61.4 Å². The molecule has 6 nitrogen and oxygen atoms in total. The third kappa shape index (κ3) is 3.90. The second kappa shape index (κ2) is 8.61. The molecular weight excluding hydrogens is 432 g/mol. The first-order chi connectivity index (χ1) is 15.5. The van der Waals surface area contributed by atoms with E-state index < -0.39 is 11.6 Å². The number of hydrogen-bond donors (Lipinski definition) is 1. The highest BCUT2D eigenvalue weighted by atomic mass is 32.1. The van der Waals surface area contributed by atoms with E-state index in [9.17, 15) is 13.6 Å². The van der Waals surface area contributed by atoms with Crippen LogP contribution in [0.4, 0.5) is 25.1 Å². The molecule has 2 amide bonds. The molecule has 0 atom stereocenters. The van der Waals surface area contributed by atoms with Crippen LogP contribution < -0.4 is 10.2 Å². The SMILES string of the molecule is CCc1nc(N2CCN(C(=O)Nc3ccc(F)c(F)c3)CC2)c2c3c(sc2n1)CCCC3. The summed E-state index contributed by atoms with van der Waals surface area (Å²) in [5.74, 6) is -0.0717. The zero-order valence-corrected chi connectivity index (χ0v) is 18.8. The van der Waals surface area contributed by atoms with Crippen molar-refractivity contribution in [2.75, 3.05) is 36.4 Å². The van der Waals surface area contributed by atoms with Gasteiger partial charge in [0.25, 0.3) is 0 Å². The van der Waals surface area contributed by atoms with Crippen LogP contribution in [0.15, 0.2) is 18.2 Å². The Kier molecular flexibility index (Phi) is 5.67. The lowest BCUT2D eigenvalue weighted by Gasteiger charge is -2.36. The number of halogens is 2. The van der Waals surface area contributed by atoms with Crippen molar-refractivity contribution < 1.29 is 13.6 Å². The standard InChI is InChI=1S/C23H25F2N5OS/c1-2-19-27-21(20-15-5-3-4-6-18(15)32-22(20)28-19)29-9-11-30(12-10-29)23(31)26-14-7-8-16(24)17(25)13-14/h7-8,13H,2-6,9-12H2,1H3,(H,26,31). The first-order valence-electron chi connectivity index (χ1n) is 11.1. The fraction of sp³-hybridized carbons (Fsp3) is 0.435. The lowest BCUT2D eigenvalue weighted by molar-refractivity contribution is 0.208. The molecule has 1 N–H and O–H groups in total. The van der Waals surface area contributed by atoms with E-state index in [0.717, 1.165) is 47.9 Å². The van der Waals surface area contributed by atoms with E-state index in [2.05, 4.69) is 17.1 Å². The van der Waals surface area contributed by atoms with Gasteiger partial charge in [-0.3, -0.25) is 0 Å². The van der Waals surface area contributed by atoms with Crippen molar-refractivity contribution in [3.05, 3.63) is 46.1 Å². The molecule has 2 aliphatic rings. The Hall–Kier alpha value is -2.81. The number of fused-ring (bicyclic) bond motifs is 3. The molecule has 32 heavy (non-hydrogen) atoms. The Morgan fingerprint density at radius 3 is 2.62 bits per heavy atom. The van der Waals surface area contributed by atoms with Gasteiger partial charge in [-0.05, 0) is 43.4 Å². The van der Waals surface area contributed by atoms with Gasteiger partial charge in [0.2, 0.25) is 0 Å². The van der Waals surface area contributed by atoms with Gasteiger partial charge in [0.1, 0.15) is 16.5 Å². The van der Waals surface area contributed by atoms with Crippen molar-refractivity contribution in [2.45, 2.75) is 39.0 Å². The van der Waals surface area contributed by atoms with Gasteiger partial charge >= 0.3 is 6.03 Å². The van der Waals surface area contributed by atoms with Crippen LogP contribution in [0.5, 0.6) is 0 Å². The van der Waals surface area contributed by atoms with Crippen LogP contribution in [-0.4, -0.2) is 47.1 Å². The molecule has 0 saturated carbocycles. The first-order valence-corrected chi connectivity index (χ1v) is 11.9. The van der Waals surface area contributed by atoms with Gasteiger partial charge in [0.05, 0.1) is 5.39 Å². The van der Waals surface area contributed by atoms with E-state index in [1.807, 2.05) is 0 Å². The van der Waals surface area contributed by atoms with Gasteiger partial charge < -0.3 is 15.1 Å². The number of hydrogen-bond acceptors (Lipinski definition) is 5. The predicted molar refractivity (Wildman–Crippen MR) is 123 cm³/mol. The molecule has 0 spiro atoms. The molecule has 1 aromatic carbocycles. The quantitative estimate of drug-likeness (QED) is 0.616. The molecule has 168 valence electrons. The van der Waals surface area contributed by atoms with E-state index in [1.54, 1.807) is 16.2 Å². The highest BCUT2D eigenvalue weighted by Crippen LogP contribution is 2.40. The monoisotopic (exact) mass is 457 g/mol. The summed E-state index contributed by atoms with van der Waals surface area (Å²) in [4.78, 5) is 28.8. The highest BCUT2D eigenvalue weighted by Gasteiger charge is 2.27. The number of benzene rings is 1. The average Bonchev–Trinajstić information content (AvgIpc) is 3.19. The number of carbonyl (C=O) groups excluding carboxylic acids is 1. The number of rotatable bonds is 3. The van der Waals surface area contributed by atoms with Crippen LogP contribution in [0.25, 0.3) is 10.2 Å². The van der Waals surface area contributed by atoms with E-state index in [1.165, 1.54) is 34.7 Å². The normalized spacial score (nSPS) is 16.3. The lowest BCUT2D eigenvalue weighted by atomic mass is 9.97. The number of nitrogens with zero attached hydrogens (tertiary/aromatic N) is 4. The number of piperazine rings is 1. The van der Waals surface area contributed by atoms with Crippen LogP contribution >= 0.6 is 11.3 Å². The summed E-state index contributed by atoms with van der Waals surface area (Å²) >= 11 is 1.81. The molecule has 0 unspecified atom stereocenters. The number of aromatic nitrogens is 2. The minimum absolute atomic E-state index is 0.242. The highest BCUT2D eigenvalue weighted by molar-refractivity contribution is 7.19. The summed E-state index contributed by atoms with van der Waals surface area (Å²) in [6, 6.07) is 3.05. The molecule has 5 rings (SSSR count). The third-order valence-electron chi connectivity index (χ3n) is 6.20.